The molecule has 2 rings (SSSR count). The maximum atomic E-state index is 11.8. The fraction of sp³-hybridized carbons (Fsp3) is 0.375. The molecule has 1 amide bonds. The first-order valence-corrected chi connectivity index (χ1v) is 7.71. The second-order valence-electron chi connectivity index (χ2n) is 5.37. The standard InChI is InChI=1S/C16H21N3OS/c1-10-8-14(12(3)21-10)11(2)18-15-7-6-13(9-17-15)16(20)19(4)5/h6-9,11H,1-5H3,(H,17,18). The number of aromatic nitrogens is 1. The summed E-state index contributed by atoms with van der Waals surface area (Å²) in [6.07, 6.45) is 1.61. The van der Waals surface area contributed by atoms with Gasteiger partial charge in [-0.25, -0.2) is 4.98 Å². The number of aryl methyl sites for hydroxylation is 2. The van der Waals surface area contributed by atoms with Gasteiger partial charge >= 0.3 is 0 Å². The summed E-state index contributed by atoms with van der Waals surface area (Å²) < 4.78 is 0. The Labute approximate surface area is 129 Å². The third kappa shape index (κ3) is 3.61. The first-order chi connectivity index (χ1) is 9.88. The summed E-state index contributed by atoms with van der Waals surface area (Å²) in [6.45, 7) is 6.38. The Hall–Kier alpha value is -1.88. The lowest BCUT2D eigenvalue weighted by molar-refractivity contribution is 0.0827. The quantitative estimate of drug-likeness (QED) is 0.938. The Bertz CT molecular complexity index is 631. The van der Waals surface area contributed by atoms with E-state index in [1.807, 2.05) is 17.4 Å². The monoisotopic (exact) mass is 303 g/mol. The number of hydrogen-bond donors (Lipinski definition) is 1. The highest BCUT2D eigenvalue weighted by atomic mass is 32.1. The minimum atomic E-state index is -0.0357. The van der Waals surface area contributed by atoms with E-state index in [4.69, 9.17) is 0 Å². The summed E-state index contributed by atoms with van der Waals surface area (Å²) in [5.74, 6) is 0.743. The fourth-order valence-electron chi connectivity index (χ4n) is 2.24. The lowest BCUT2D eigenvalue weighted by Gasteiger charge is -2.15. The summed E-state index contributed by atoms with van der Waals surface area (Å²) in [5.41, 5.74) is 1.90. The molecule has 2 heterocycles. The van der Waals surface area contributed by atoms with Crippen LogP contribution in [0.4, 0.5) is 5.82 Å². The zero-order valence-corrected chi connectivity index (χ0v) is 13.9. The third-order valence-electron chi connectivity index (χ3n) is 3.33. The number of anilines is 1. The summed E-state index contributed by atoms with van der Waals surface area (Å²) in [6, 6.07) is 6.05. The molecule has 0 aliphatic rings. The maximum absolute atomic E-state index is 11.8. The van der Waals surface area contributed by atoms with Gasteiger partial charge in [0.2, 0.25) is 0 Å². The van der Waals surface area contributed by atoms with E-state index in [9.17, 15) is 4.79 Å². The Balaban J connectivity index is 2.10. The number of pyridine rings is 1. The van der Waals surface area contributed by atoms with Crippen LogP contribution in [0.3, 0.4) is 0 Å². The molecule has 0 bridgehead atoms. The number of nitrogens with zero attached hydrogens (tertiary/aromatic N) is 2. The van der Waals surface area contributed by atoms with E-state index in [1.165, 1.54) is 15.3 Å². The lowest BCUT2D eigenvalue weighted by Crippen LogP contribution is -2.21. The molecule has 1 N–H and O–H groups in total. The molecule has 0 saturated heterocycles. The molecule has 0 aromatic carbocycles. The van der Waals surface area contributed by atoms with Crippen molar-refractivity contribution >= 4 is 23.1 Å². The number of rotatable bonds is 4. The van der Waals surface area contributed by atoms with E-state index < -0.39 is 0 Å². The SMILES string of the molecule is Cc1cc(C(C)Nc2ccc(C(=O)N(C)C)cn2)c(C)s1. The van der Waals surface area contributed by atoms with Crippen LogP contribution in [0.5, 0.6) is 0 Å². The van der Waals surface area contributed by atoms with Gasteiger partial charge in [-0.15, -0.1) is 11.3 Å². The van der Waals surface area contributed by atoms with E-state index in [-0.39, 0.29) is 11.9 Å². The number of carbonyl (C=O) groups is 1. The molecule has 0 fully saturated rings. The summed E-state index contributed by atoms with van der Waals surface area (Å²) in [5, 5.41) is 3.38. The normalized spacial score (nSPS) is 12.0. The number of amides is 1. The van der Waals surface area contributed by atoms with E-state index >= 15 is 0 Å². The lowest BCUT2D eigenvalue weighted by atomic mass is 10.1. The average Bonchev–Trinajstić information content (AvgIpc) is 2.77. The molecule has 1 atom stereocenters. The average molecular weight is 303 g/mol. The van der Waals surface area contributed by atoms with Crippen molar-refractivity contribution in [2.45, 2.75) is 26.8 Å². The maximum Gasteiger partial charge on any atom is 0.254 e. The molecule has 5 heteroatoms. The molecule has 21 heavy (non-hydrogen) atoms. The molecule has 0 aliphatic carbocycles. The Kier molecular flexibility index (Phi) is 4.63. The van der Waals surface area contributed by atoms with Gasteiger partial charge in [0.15, 0.2) is 0 Å². The molecule has 1 unspecified atom stereocenters. The largest absolute Gasteiger partial charge is 0.364 e. The third-order valence-corrected chi connectivity index (χ3v) is 4.31. The first kappa shape index (κ1) is 15.5. The van der Waals surface area contributed by atoms with Gasteiger partial charge in [-0.2, -0.15) is 0 Å². The van der Waals surface area contributed by atoms with Crippen molar-refractivity contribution in [1.82, 2.24) is 9.88 Å². The predicted molar refractivity (Wildman–Crippen MR) is 88.1 cm³/mol. The van der Waals surface area contributed by atoms with Crippen LogP contribution in [0.1, 0.15) is 38.6 Å². The Morgan fingerprint density at radius 2 is 2.05 bits per heavy atom. The van der Waals surface area contributed by atoms with Crippen molar-refractivity contribution in [2.24, 2.45) is 0 Å². The van der Waals surface area contributed by atoms with E-state index in [0.717, 1.165) is 5.82 Å². The van der Waals surface area contributed by atoms with Gasteiger partial charge in [-0.1, -0.05) is 0 Å². The predicted octanol–water partition coefficient (Wildman–Crippen LogP) is 3.63. The van der Waals surface area contributed by atoms with Crippen molar-refractivity contribution < 1.29 is 4.79 Å². The highest BCUT2D eigenvalue weighted by molar-refractivity contribution is 7.12. The minimum absolute atomic E-state index is 0.0357. The van der Waals surface area contributed by atoms with Crippen molar-refractivity contribution in [1.29, 1.82) is 0 Å². The van der Waals surface area contributed by atoms with E-state index in [1.54, 1.807) is 31.3 Å². The van der Waals surface area contributed by atoms with Crippen LogP contribution in [0, 0.1) is 13.8 Å². The number of nitrogens with one attached hydrogen (secondary N) is 1. The van der Waals surface area contributed by atoms with E-state index in [2.05, 4.69) is 37.1 Å². The van der Waals surface area contributed by atoms with Crippen LogP contribution < -0.4 is 5.32 Å². The number of thiophene rings is 1. The molecular formula is C16H21N3OS. The smallest absolute Gasteiger partial charge is 0.254 e. The fourth-order valence-corrected chi connectivity index (χ4v) is 3.27. The van der Waals surface area contributed by atoms with Gasteiger partial charge in [0.25, 0.3) is 5.91 Å². The molecule has 0 spiro atoms. The summed E-state index contributed by atoms with van der Waals surface area (Å²) >= 11 is 1.81. The highest BCUT2D eigenvalue weighted by Crippen LogP contribution is 2.28. The molecule has 0 radical (unpaired) electrons. The van der Waals surface area contributed by atoms with Crippen molar-refractivity contribution in [3.8, 4) is 0 Å². The van der Waals surface area contributed by atoms with Crippen LogP contribution in [0.2, 0.25) is 0 Å². The Morgan fingerprint density at radius 3 is 2.52 bits per heavy atom. The number of hydrogen-bond acceptors (Lipinski definition) is 4. The second kappa shape index (κ2) is 6.26. The van der Waals surface area contributed by atoms with Crippen LogP contribution in [-0.4, -0.2) is 29.9 Å². The molecule has 0 aliphatic heterocycles. The zero-order valence-electron chi connectivity index (χ0n) is 13.1. The van der Waals surface area contributed by atoms with Gasteiger partial charge in [0.1, 0.15) is 5.82 Å². The van der Waals surface area contributed by atoms with Gasteiger partial charge in [-0.05, 0) is 44.5 Å². The van der Waals surface area contributed by atoms with Gasteiger partial charge in [0.05, 0.1) is 11.6 Å². The van der Waals surface area contributed by atoms with Crippen LogP contribution >= 0.6 is 11.3 Å². The highest BCUT2D eigenvalue weighted by Gasteiger charge is 2.12. The molecule has 2 aromatic rings. The van der Waals surface area contributed by atoms with Crippen molar-refractivity contribution in [3.05, 3.63) is 45.3 Å². The molecule has 2 aromatic heterocycles. The van der Waals surface area contributed by atoms with Crippen molar-refractivity contribution in [3.63, 3.8) is 0 Å². The summed E-state index contributed by atoms with van der Waals surface area (Å²) in [4.78, 5) is 20.3. The van der Waals surface area contributed by atoms with Crippen LogP contribution in [0.15, 0.2) is 24.4 Å². The molecule has 4 nitrogen and oxygen atoms in total. The van der Waals surface area contributed by atoms with Crippen LogP contribution in [0.25, 0.3) is 0 Å². The minimum Gasteiger partial charge on any atom is -0.364 e. The first-order valence-electron chi connectivity index (χ1n) is 6.89. The van der Waals surface area contributed by atoms with E-state index in [0.29, 0.717) is 5.56 Å². The van der Waals surface area contributed by atoms with Gasteiger partial charge < -0.3 is 10.2 Å². The van der Waals surface area contributed by atoms with Crippen LogP contribution in [-0.2, 0) is 0 Å². The molecular weight excluding hydrogens is 282 g/mol. The molecule has 112 valence electrons. The summed E-state index contributed by atoms with van der Waals surface area (Å²) in [7, 11) is 3.47. The molecule has 0 saturated carbocycles. The second-order valence-corrected chi connectivity index (χ2v) is 6.83. The van der Waals surface area contributed by atoms with Crippen molar-refractivity contribution in [2.75, 3.05) is 19.4 Å². The Morgan fingerprint density at radius 1 is 1.33 bits per heavy atom. The zero-order chi connectivity index (χ0) is 15.6. The van der Waals surface area contributed by atoms with Gasteiger partial charge in [-0.3, -0.25) is 4.79 Å². The van der Waals surface area contributed by atoms with Gasteiger partial charge in [0, 0.05) is 30.0 Å². The topological polar surface area (TPSA) is 45.2 Å². The number of carbonyl (C=O) groups excluding carboxylic acids is 1.